The van der Waals surface area contributed by atoms with Gasteiger partial charge in [0.1, 0.15) is 6.10 Å². The number of carbonyl (C=O) groups excluding carboxylic acids is 1. The molecule has 0 heterocycles. The fourth-order valence-electron chi connectivity index (χ4n) is 12.6. The van der Waals surface area contributed by atoms with Crippen LogP contribution in [0.5, 0.6) is 0 Å². The first-order valence-electron chi connectivity index (χ1n) is 15.2. The summed E-state index contributed by atoms with van der Waals surface area (Å²) in [6.45, 7) is 16.6. The second-order valence-corrected chi connectivity index (χ2v) is 16.0. The Bertz CT molecular complexity index is 1000. The third-order valence-electron chi connectivity index (χ3n) is 13.9. The average Bonchev–Trinajstić information content (AvgIpc) is 3.13. The summed E-state index contributed by atoms with van der Waals surface area (Å²) in [6.07, 6.45) is 6.85. The van der Waals surface area contributed by atoms with Gasteiger partial charge in [-0.25, -0.2) is 0 Å². The molecular weight excluding hydrogens is 480 g/mol. The van der Waals surface area contributed by atoms with Gasteiger partial charge in [0.2, 0.25) is 0 Å². The van der Waals surface area contributed by atoms with E-state index in [0.717, 1.165) is 38.5 Å². The van der Waals surface area contributed by atoms with E-state index in [9.17, 15) is 24.9 Å². The summed E-state index contributed by atoms with van der Waals surface area (Å²) < 4.78 is 6.11. The number of esters is 1. The second-order valence-electron chi connectivity index (χ2n) is 16.0. The Morgan fingerprint density at radius 3 is 2.00 bits per heavy atom. The van der Waals surface area contributed by atoms with Crippen LogP contribution in [0, 0.1) is 56.7 Å². The van der Waals surface area contributed by atoms with E-state index >= 15 is 0 Å². The van der Waals surface area contributed by atoms with Crippen molar-refractivity contribution in [3.05, 3.63) is 0 Å². The van der Waals surface area contributed by atoms with Crippen LogP contribution >= 0.6 is 0 Å². The molecule has 0 bridgehead atoms. The smallest absolute Gasteiger partial charge is 0.309 e. The lowest BCUT2D eigenvalue weighted by Gasteiger charge is -2.74. The summed E-state index contributed by atoms with van der Waals surface area (Å²) in [7, 11) is 0. The van der Waals surface area contributed by atoms with Gasteiger partial charge in [-0.2, -0.15) is 0 Å². The largest absolute Gasteiger partial charge is 0.481 e. The van der Waals surface area contributed by atoms with Gasteiger partial charge in [0, 0.05) is 12.8 Å². The maximum absolute atomic E-state index is 12.8. The van der Waals surface area contributed by atoms with Gasteiger partial charge in [0.05, 0.1) is 17.1 Å². The first-order valence-corrected chi connectivity index (χ1v) is 15.2. The predicted molar refractivity (Wildman–Crippen MR) is 145 cm³/mol. The summed E-state index contributed by atoms with van der Waals surface area (Å²) in [4.78, 5) is 25.2. The first kappa shape index (κ1) is 28.4. The van der Waals surface area contributed by atoms with Gasteiger partial charge in [0.15, 0.2) is 0 Å². The van der Waals surface area contributed by atoms with Crippen molar-refractivity contribution < 1.29 is 29.6 Å². The lowest BCUT2D eigenvalue weighted by molar-refractivity contribution is -0.283. The summed E-state index contributed by atoms with van der Waals surface area (Å²) in [5, 5.41) is 33.4. The highest BCUT2D eigenvalue weighted by molar-refractivity contribution is 5.75. The number of aliphatic hydroxyl groups excluding tert-OH is 1. The van der Waals surface area contributed by atoms with Crippen molar-refractivity contribution in [3.8, 4) is 0 Å². The molecule has 0 aromatic carbocycles. The number of aliphatic carboxylic acids is 1. The Kier molecular flexibility index (Phi) is 6.31. The minimum Gasteiger partial charge on any atom is -0.481 e. The summed E-state index contributed by atoms with van der Waals surface area (Å²) in [5.41, 5.74) is -2.48. The molecule has 0 spiro atoms. The fourth-order valence-corrected chi connectivity index (χ4v) is 12.6. The molecule has 0 radical (unpaired) electrons. The zero-order valence-corrected chi connectivity index (χ0v) is 25.0. The third-order valence-corrected chi connectivity index (χ3v) is 13.9. The van der Waals surface area contributed by atoms with Crippen molar-refractivity contribution >= 4 is 11.9 Å². The highest BCUT2D eigenvalue weighted by atomic mass is 16.5. The number of fused-ring (bicyclic) bond motifs is 7. The number of hydrogen-bond acceptors (Lipinski definition) is 5. The number of ether oxygens (including phenoxy) is 1. The normalized spacial score (nSPS) is 54.2. The van der Waals surface area contributed by atoms with Crippen molar-refractivity contribution in [3.63, 3.8) is 0 Å². The van der Waals surface area contributed by atoms with Crippen LogP contribution in [0.25, 0.3) is 0 Å². The topological polar surface area (TPSA) is 104 Å². The zero-order valence-electron chi connectivity index (χ0n) is 25.0. The van der Waals surface area contributed by atoms with Gasteiger partial charge in [-0.1, -0.05) is 34.1 Å². The van der Waals surface area contributed by atoms with Gasteiger partial charge in [-0.3, -0.25) is 9.59 Å². The molecule has 5 aliphatic carbocycles. The Labute approximate surface area is 229 Å². The maximum Gasteiger partial charge on any atom is 0.309 e. The molecule has 5 rings (SSSR count). The molecule has 0 saturated heterocycles. The molecule has 0 amide bonds. The van der Waals surface area contributed by atoms with E-state index in [0.29, 0.717) is 31.1 Å². The van der Waals surface area contributed by atoms with Crippen LogP contribution in [0.4, 0.5) is 0 Å². The van der Waals surface area contributed by atoms with Crippen LogP contribution in [0.15, 0.2) is 0 Å². The number of carbonyl (C=O) groups is 2. The fraction of sp³-hybridized carbons (Fsp3) is 0.938. The van der Waals surface area contributed by atoms with E-state index in [2.05, 4.69) is 27.7 Å². The number of hydrogen-bond donors (Lipinski definition) is 3. The molecule has 0 aromatic rings. The van der Waals surface area contributed by atoms with E-state index in [1.807, 2.05) is 20.8 Å². The van der Waals surface area contributed by atoms with E-state index < -0.39 is 29.2 Å². The standard InChI is InChI=1S/C32H52O6/c1-18(33)38-21-17-32(8)23(29(5)13-9-14-30(6,25(21)29)26(35)36)11-10-22-28(4)15-12-19(27(2,3)37)24(28)20(34)16-31(22,32)7/h19-25,34,37H,9-17H2,1-8H3,(H,35,36)/t19-,20-,21-,22-,23+,24+,25+,28+,29+,30-,31+,32+/m0/s1. The van der Waals surface area contributed by atoms with E-state index in [1.165, 1.54) is 6.92 Å². The molecule has 0 aromatic heterocycles. The molecule has 5 aliphatic rings. The maximum atomic E-state index is 12.8. The monoisotopic (exact) mass is 532 g/mol. The molecule has 6 heteroatoms. The summed E-state index contributed by atoms with van der Waals surface area (Å²) in [6, 6.07) is 0. The molecule has 216 valence electrons. The van der Waals surface area contributed by atoms with Gasteiger partial charge in [0.25, 0.3) is 0 Å². The Morgan fingerprint density at radius 2 is 1.45 bits per heavy atom. The Hall–Kier alpha value is -1.14. The predicted octanol–water partition coefficient (Wildman–Crippen LogP) is 5.83. The van der Waals surface area contributed by atoms with E-state index in [4.69, 9.17) is 4.74 Å². The molecule has 38 heavy (non-hydrogen) atoms. The Balaban J connectivity index is 1.62. The van der Waals surface area contributed by atoms with Crippen LogP contribution in [0.1, 0.15) is 113 Å². The molecular formula is C32H52O6. The average molecular weight is 533 g/mol. The minimum atomic E-state index is -0.930. The van der Waals surface area contributed by atoms with Crippen molar-refractivity contribution in [2.45, 2.75) is 131 Å². The third kappa shape index (κ3) is 3.50. The molecule has 5 saturated carbocycles. The van der Waals surface area contributed by atoms with Crippen LogP contribution in [-0.2, 0) is 14.3 Å². The molecule has 5 fully saturated rings. The van der Waals surface area contributed by atoms with Gasteiger partial charge >= 0.3 is 11.9 Å². The molecule has 3 N–H and O–H groups in total. The number of carboxylic acids is 1. The number of aliphatic hydroxyl groups is 2. The molecule has 12 atom stereocenters. The van der Waals surface area contributed by atoms with E-state index in [1.54, 1.807) is 0 Å². The van der Waals surface area contributed by atoms with Crippen LogP contribution in [0.3, 0.4) is 0 Å². The summed E-state index contributed by atoms with van der Waals surface area (Å²) in [5.74, 6) is -0.506. The van der Waals surface area contributed by atoms with Crippen molar-refractivity contribution in [1.82, 2.24) is 0 Å². The van der Waals surface area contributed by atoms with Crippen molar-refractivity contribution in [1.29, 1.82) is 0 Å². The van der Waals surface area contributed by atoms with Crippen molar-refractivity contribution in [2.75, 3.05) is 0 Å². The Morgan fingerprint density at radius 1 is 0.868 bits per heavy atom. The van der Waals surface area contributed by atoms with Crippen molar-refractivity contribution in [2.24, 2.45) is 56.7 Å². The zero-order chi connectivity index (χ0) is 28.3. The van der Waals surface area contributed by atoms with E-state index in [-0.39, 0.29) is 45.4 Å². The van der Waals surface area contributed by atoms with Crippen LogP contribution < -0.4 is 0 Å². The van der Waals surface area contributed by atoms with Gasteiger partial charge < -0.3 is 20.1 Å². The SMILES string of the molecule is CC(=O)O[C@H]1C[C@]2(C)[C@H](CC[C@H]3[C@@]4(C)CC[C@H](C(C)(C)O)[C@@H]4[C@@H](O)C[C@]32C)[C@@]2(C)CCC[C@](C)(C(=O)O)[C@H]12. The number of rotatable bonds is 3. The highest BCUT2D eigenvalue weighted by Gasteiger charge is 2.74. The summed E-state index contributed by atoms with van der Waals surface area (Å²) >= 11 is 0. The number of carboxylic acid groups (broad SMARTS) is 1. The minimum absolute atomic E-state index is 0.0676. The van der Waals surface area contributed by atoms with Crippen LogP contribution in [0.2, 0.25) is 0 Å². The molecule has 0 aliphatic heterocycles. The lowest BCUT2D eigenvalue weighted by Crippen LogP contribution is -2.71. The van der Waals surface area contributed by atoms with Crippen LogP contribution in [-0.4, -0.2) is 45.1 Å². The second kappa shape index (κ2) is 8.44. The van der Waals surface area contributed by atoms with Gasteiger partial charge in [-0.15, -0.1) is 0 Å². The quantitative estimate of drug-likeness (QED) is 0.395. The first-order chi connectivity index (χ1) is 17.4. The molecule has 6 nitrogen and oxygen atoms in total. The van der Waals surface area contributed by atoms with Gasteiger partial charge in [-0.05, 0) is 117 Å². The lowest BCUT2D eigenvalue weighted by atomic mass is 9.31. The highest BCUT2D eigenvalue weighted by Crippen LogP contribution is 2.78. The molecule has 0 unspecified atom stereocenters.